The zero-order valence-corrected chi connectivity index (χ0v) is 46.5. The van der Waals surface area contributed by atoms with Crippen LogP contribution in [0.3, 0.4) is 0 Å². The molecule has 0 unspecified atom stereocenters. The second-order valence-electron chi connectivity index (χ2n) is 24.0. The first kappa shape index (κ1) is 46.1. The van der Waals surface area contributed by atoms with Gasteiger partial charge in [0.1, 0.15) is 32.3 Å². The molecule has 0 spiro atoms. The highest BCUT2D eigenvalue weighted by Crippen LogP contribution is 2.69. The molecule has 4 heterocycles. The molecule has 0 fully saturated rings. The van der Waals surface area contributed by atoms with Gasteiger partial charge in [-0.3, -0.25) is 0 Å². The normalized spacial score (nSPS) is 21.1. The summed E-state index contributed by atoms with van der Waals surface area (Å²) >= 11 is 0. The highest BCUT2D eigenvalue weighted by Gasteiger charge is 2.60. The van der Waals surface area contributed by atoms with Gasteiger partial charge in [-0.1, -0.05) is 135 Å². The van der Waals surface area contributed by atoms with E-state index in [0.29, 0.717) is 0 Å². The Hall–Kier alpha value is -1.93. The van der Waals surface area contributed by atoms with Crippen LogP contribution in [-0.2, 0) is 39.3 Å². The summed E-state index contributed by atoms with van der Waals surface area (Å²) in [4.78, 5) is -0.398. The van der Waals surface area contributed by atoms with Crippen LogP contribution in [-0.4, -0.2) is 66.0 Å². The zero-order chi connectivity index (χ0) is 46.1. The lowest BCUT2D eigenvalue weighted by Gasteiger charge is -2.39. The van der Waals surface area contributed by atoms with E-state index in [4.69, 9.17) is 0 Å². The van der Waals surface area contributed by atoms with Crippen molar-refractivity contribution in [2.45, 2.75) is 175 Å². The Morgan fingerprint density at radius 3 is 0.550 bits per heavy atom. The van der Waals surface area contributed by atoms with Crippen molar-refractivity contribution in [3.8, 4) is 22.3 Å². The Kier molecular flexibility index (Phi) is 9.24. The summed E-state index contributed by atoms with van der Waals surface area (Å²) in [7, 11) is -28.8. The molecular formula is C44H64O8S4Si4. The number of sulfone groups is 4. The number of benzene rings is 2. The van der Waals surface area contributed by atoms with Gasteiger partial charge in [0.15, 0.2) is 39.3 Å². The molecule has 0 aromatic heterocycles. The second kappa shape index (κ2) is 12.0. The predicted molar refractivity (Wildman–Crippen MR) is 260 cm³/mol. The van der Waals surface area contributed by atoms with Crippen LogP contribution in [0.25, 0.3) is 46.6 Å². The number of rotatable bonds is 4. The molecule has 0 saturated carbocycles. The van der Waals surface area contributed by atoms with E-state index in [1.165, 1.54) is 0 Å². The fraction of sp³-hybridized carbons (Fsp3) is 0.545. The average Bonchev–Trinajstić information content (AvgIpc) is 3.66. The molecule has 2 aromatic carbocycles. The Bertz CT molecular complexity index is 2610. The molecule has 0 amide bonds. The molecule has 0 bridgehead atoms. The molecule has 0 N–H and O–H groups in total. The SMILES string of the molecule is CC(C)(C)[Si](C)(C)C1=Cc2c3c(c4c(c2S1(=O)=O)-c1c-4c2c(c4c1S(=O)(=O)C([Si](C)(C)C(C)(C)C)=C4)C=C([Si](C)(C)C(C)(C)C)S2(=O)=O)S(=O)(=O)C([Si](C)(C)C(C)(C)C)=C3. The molecule has 7 rings (SSSR count). The Morgan fingerprint density at radius 2 is 0.433 bits per heavy atom. The second-order valence-corrected chi connectivity index (χ2v) is 54.0. The van der Waals surface area contributed by atoms with E-state index >= 15 is 33.7 Å². The summed E-state index contributed by atoms with van der Waals surface area (Å²) in [6.45, 7) is 40.2. The molecule has 60 heavy (non-hydrogen) atoms. The van der Waals surface area contributed by atoms with Gasteiger partial charge in [0.2, 0.25) is 0 Å². The van der Waals surface area contributed by atoms with Gasteiger partial charge in [-0.2, -0.15) is 0 Å². The summed E-state index contributed by atoms with van der Waals surface area (Å²) < 4.78 is 125. The third-order valence-electron chi connectivity index (χ3n) is 16.8. The highest BCUT2D eigenvalue weighted by molar-refractivity contribution is 8.00. The number of hydrogen-bond donors (Lipinski definition) is 0. The standard InChI is InChI=1S/C44H64O8S4Si4/c1-41(2,3)57(13,14)29-21-25-26-22-30(58(15,16)42(4,5)6)54(47,48)38(26)34-33(37(25)53(29,45)46)35-36(34)40-28(24-32(56(40,51)52)60(19,20)44(10,11)12)27-23-31(55(49,50)39(27)35)59(17,18)43(7,8)9/h21-24H,1-20H3. The summed E-state index contributed by atoms with van der Waals surface area (Å²) in [5.41, 5.74) is 1.16. The van der Waals surface area contributed by atoms with E-state index < -0.39 is 91.8 Å². The minimum Gasteiger partial charge on any atom is -0.219 e. The molecule has 4 aliphatic heterocycles. The van der Waals surface area contributed by atoms with Gasteiger partial charge in [0.25, 0.3) is 0 Å². The maximum atomic E-state index is 15.5. The van der Waals surface area contributed by atoms with E-state index in [0.717, 1.165) is 0 Å². The first-order valence-corrected chi connectivity index (χ1v) is 38.7. The molecule has 2 aromatic rings. The largest absolute Gasteiger partial charge is 0.219 e. The van der Waals surface area contributed by atoms with E-state index in [1.807, 2.05) is 135 Å². The van der Waals surface area contributed by atoms with Crippen molar-refractivity contribution in [1.82, 2.24) is 0 Å². The van der Waals surface area contributed by atoms with Crippen molar-refractivity contribution in [1.29, 1.82) is 0 Å². The predicted octanol–water partition coefficient (Wildman–Crippen LogP) is 12.0. The molecule has 16 heteroatoms. The fourth-order valence-electron chi connectivity index (χ4n) is 8.88. The van der Waals surface area contributed by atoms with Gasteiger partial charge in [0.05, 0.1) is 19.6 Å². The lowest BCUT2D eigenvalue weighted by molar-refractivity contribution is 0.598. The minimum absolute atomic E-state index is 0.0284. The van der Waals surface area contributed by atoms with Crippen LogP contribution >= 0.6 is 0 Å². The molecular weight excluding hydrogens is 897 g/mol. The molecule has 5 aliphatic rings. The van der Waals surface area contributed by atoms with Crippen LogP contribution in [0.2, 0.25) is 72.5 Å². The maximum absolute atomic E-state index is 15.5. The number of fused-ring (bicyclic) bond motifs is 14. The first-order chi connectivity index (χ1) is 26.4. The molecule has 0 atom stereocenters. The summed E-state index contributed by atoms with van der Waals surface area (Å²) in [5.74, 6) is 0. The fourth-order valence-corrected chi connectivity index (χ4v) is 35.2. The third-order valence-corrected chi connectivity index (χ3v) is 53.3. The molecule has 0 radical (unpaired) electrons. The van der Waals surface area contributed by atoms with E-state index in [9.17, 15) is 0 Å². The van der Waals surface area contributed by atoms with Gasteiger partial charge < -0.3 is 0 Å². The van der Waals surface area contributed by atoms with Crippen molar-refractivity contribution < 1.29 is 33.7 Å². The topological polar surface area (TPSA) is 137 Å². The quantitative estimate of drug-likeness (QED) is 0.236. The van der Waals surface area contributed by atoms with Crippen LogP contribution in [0.1, 0.15) is 105 Å². The van der Waals surface area contributed by atoms with E-state index in [1.54, 1.807) is 24.3 Å². The van der Waals surface area contributed by atoms with Gasteiger partial charge in [-0.15, -0.1) is 0 Å². The summed E-state index contributed by atoms with van der Waals surface area (Å²) in [6.07, 6.45) is 6.70. The van der Waals surface area contributed by atoms with E-state index in [2.05, 4.69) is 0 Å². The van der Waals surface area contributed by atoms with Gasteiger partial charge in [-0.05, 0) is 44.5 Å². The molecule has 328 valence electrons. The lowest BCUT2D eigenvalue weighted by Crippen LogP contribution is -2.42. The molecule has 8 nitrogen and oxygen atoms in total. The van der Waals surface area contributed by atoms with Crippen LogP contribution in [0.4, 0.5) is 0 Å². The third kappa shape index (κ3) is 5.36. The van der Waals surface area contributed by atoms with Crippen LogP contribution in [0.5, 0.6) is 0 Å². The zero-order valence-electron chi connectivity index (χ0n) is 39.2. The summed E-state index contributed by atoms with van der Waals surface area (Å²) in [6, 6.07) is 0. The van der Waals surface area contributed by atoms with Crippen LogP contribution in [0, 0.1) is 0 Å². The lowest BCUT2D eigenvalue weighted by atomic mass is 9.76. The number of hydrogen-bond acceptors (Lipinski definition) is 8. The van der Waals surface area contributed by atoms with Crippen molar-refractivity contribution in [3.05, 3.63) is 40.4 Å². The molecule has 1 aliphatic carbocycles. The van der Waals surface area contributed by atoms with Crippen molar-refractivity contribution in [2.24, 2.45) is 0 Å². The molecule has 0 saturated heterocycles. The van der Waals surface area contributed by atoms with Crippen molar-refractivity contribution in [3.63, 3.8) is 0 Å². The van der Waals surface area contributed by atoms with Gasteiger partial charge >= 0.3 is 0 Å². The Balaban J connectivity index is 1.73. The first-order valence-electron chi connectivity index (χ1n) is 20.8. The Labute approximate surface area is 364 Å². The monoisotopic (exact) mass is 960 g/mol. The van der Waals surface area contributed by atoms with Gasteiger partial charge in [-0.25, -0.2) is 33.7 Å². The van der Waals surface area contributed by atoms with E-state index in [-0.39, 0.29) is 82.2 Å². The van der Waals surface area contributed by atoms with Crippen molar-refractivity contribution in [2.75, 3.05) is 0 Å². The minimum atomic E-state index is -4.34. The maximum Gasteiger partial charge on any atom is 0.200 e. The Morgan fingerprint density at radius 1 is 0.300 bits per heavy atom. The van der Waals surface area contributed by atoms with Crippen LogP contribution in [0.15, 0.2) is 37.7 Å². The van der Waals surface area contributed by atoms with Crippen molar-refractivity contribution >= 4 is 95.9 Å². The highest BCUT2D eigenvalue weighted by atomic mass is 32.2. The van der Waals surface area contributed by atoms with Gasteiger partial charge in [0, 0.05) is 62.6 Å². The average molecular weight is 962 g/mol. The smallest absolute Gasteiger partial charge is 0.200 e. The van der Waals surface area contributed by atoms with Crippen LogP contribution < -0.4 is 0 Å². The summed E-state index contributed by atoms with van der Waals surface area (Å²) in [5, 5.41) is -1.71.